The van der Waals surface area contributed by atoms with E-state index < -0.39 is 15.4 Å². The second kappa shape index (κ2) is 9.80. The molecule has 2 heterocycles. The van der Waals surface area contributed by atoms with Crippen LogP contribution in [0.2, 0.25) is 0 Å². The van der Waals surface area contributed by atoms with Crippen molar-refractivity contribution in [3.8, 4) is 5.75 Å². The molecule has 0 bridgehead atoms. The zero-order valence-corrected chi connectivity index (χ0v) is 22.3. The number of hydrogen-bond acceptors (Lipinski definition) is 6. The van der Waals surface area contributed by atoms with E-state index in [4.69, 9.17) is 4.74 Å². The van der Waals surface area contributed by atoms with Gasteiger partial charge in [-0.2, -0.15) is 0 Å². The van der Waals surface area contributed by atoms with Crippen molar-refractivity contribution in [3.05, 3.63) is 89.6 Å². The molecule has 0 amide bonds. The molecule has 0 spiro atoms. The van der Waals surface area contributed by atoms with Crippen LogP contribution in [0.25, 0.3) is 10.9 Å². The predicted octanol–water partition coefficient (Wildman–Crippen LogP) is 5.44. The molecule has 3 aromatic carbocycles. The molecule has 0 radical (unpaired) electrons. The fourth-order valence-corrected chi connectivity index (χ4v) is 6.55. The first-order valence-electron chi connectivity index (χ1n) is 12.6. The van der Waals surface area contributed by atoms with Gasteiger partial charge in [0.05, 0.1) is 28.8 Å². The molecule has 0 aliphatic carbocycles. The van der Waals surface area contributed by atoms with E-state index in [9.17, 15) is 13.5 Å². The van der Waals surface area contributed by atoms with E-state index >= 15 is 0 Å². The summed E-state index contributed by atoms with van der Waals surface area (Å²) in [5.41, 5.74) is 3.61. The van der Waals surface area contributed by atoms with Crippen molar-refractivity contribution >= 4 is 26.4 Å². The zero-order chi connectivity index (χ0) is 26.2. The third kappa shape index (κ3) is 4.69. The number of pyridine rings is 1. The van der Waals surface area contributed by atoms with E-state index in [-0.39, 0.29) is 9.79 Å². The minimum Gasteiger partial charge on any atom is -0.497 e. The van der Waals surface area contributed by atoms with Gasteiger partial charge in [-0.25, -0.2) is 8.42 Å². The number of anilines is 1. The topological polar surface area (TPSA) is 79.7 Å². The van der Waals surface area contributed by atoms with Gasteiger partial charge in [0.25, 0.3) is 0 Å². The Kier molecular flexibility index (Phi) is 6.68. The predicted molar refractivity (Wildman–Crippen MR) is 146 cm³/mol. The minimum atomic E-state index is -3.86. The number of benzene rings is 3. The van der Waals surface area contributed by atoms with Gasteiger partial charge in [-0.3, -0.25) is 4.98 Å². The smallest absolute Gasteiger partial charge is 0.210 e. The van der Waals surface area contributed by atoms with Crippen LogP contribution in [0.15, 0.2) is 82.7 Å². The number of rotatable bonds is 6. The number of sulfone groups is 1. The molecule has 1 aromatic heterocycles. The van der Waals surface area contributed by atoms with Crippen molar-refractivity contribution in [1.82, 2.24) is 4.98 Å². The van der Waals surface area contributed by atoms with E-state index in [0.717, 1.165) is 28.5 Å². The monoisotopic (exact) mass is 516 g/mol. The first-order valence-corrected chi connectivity index (χ1v) is 14.1. The van der Waals surface area contributed by atoms with Crippen LogP contribution in [-0.2, 0) is 21.9 Å². The molecular formula is C30H32N2O4S. The van der Waals surface area contributed by atoms with Gasteiger partial charge in [0.15, 0.2) is 0 Å². The van der Waals surface area contributed by atoms with Gasteiger partial charge in [-0.1, -0.05) is 42.8 Å². The molecule has 192 valence electrons. The van der Waals surface area contributed by atoms with E-state index in [1.165, 1.54) is 11.8 Å². The third-order valence-corrected chi connectivity index (χ3v) is 9.20. The number of aryl methyl sites for hydroxylation is 2. The van der Waals surface area contributed by atoms with Gasteiger partial charge in [-0.15, -0.1) is 0 Å². The molecule has 37 heavy (non-hydrogen) atoms. The summed E-state index contributed by atoms with van der Waals surface area (Å²) in [5.74, 6) is 0.591. The van der Waals surface area contributed by atoms with E-state index in [1.807, 2.05) is 37.3 Å². The Hall–Kier alpha value is -3.42. The van der Waals surface area contributed by atoms with Crippen molar-refractivity contribution in [3.63, 3.8) is 0 Å². The minimum absolute atomic E-state index is 0.175. The van der Waals surface area contributed by atoms with Gasteiger partial charge in [0.1, 0.15) is 10.6 Å². The molecule has 5 rings (SSSR count). The largest absolute Gasteiger partial charge is 0.497 e. The molecule has 1 saturated heterocycles. The molecule has 4 aromatic rings. The highest BCUT2D eigenvalue weighted by Crippen LogP contribution is 2.41. The lowest BCUT2D eigenvalue weighted by molar-refractivity contribution is 0.0117. The Bertz CT molecular complexity index is 1520. The fraction of sp³-hybridized carbons (Fsp3) is 0.300. The van der Waals surface area contributed by atoms with Crippen molar-refractivity contribution in [1.29, 1.82) is 0 Å². The fourth-order valence-electron chi connectivity index (χ4n) is 5.12. The van der Waals surface area contributed by atoms with Gasteiger partial charge in [0, 0.05) is 24.7 Å². The molecular weight excluding hydrogens is 484 g/mol. The van der Waals surface area contributed by atoms with Gasteiger partial charge in [0.2, 0.25) is 9.84 Å². The van der Waals surface area contributed by atoms with Crippen LogP contribution < -0.4 is 9.64 Å². The number of hydrogen-bond donors (Lipinski definition) is 1. The number of piperidine rings is 1. The summed E-state index contributed by atoms with van der Waals surface area (Å²) < 4.78 is 33.0. The molecule has 0 unspecified atom stereocenters. The molecule has 0 saturated carbocycles. The lowest BCUT2D eigenvalue weighted by Crippen LogP contribution is -2.43. The highest BCUT2D eigenvalue weighted by atomic mass is 32.2. The molecule has 1 fully saturated rings. The van der Waals surface area contributed by atoms with Crippen molar-refractivity contribution in [2.45, 2.75) is 48.5 Å². The van der Waals surface area contributed by atoms with Crippen LogP contribution >= 0.6 is 0 Å². The van der Waals surface area contributed by atoms with E-state index in [0.29, 0.717) is 37.4 Å². The first kappa shape index (κ1) is 25.2. The van der Waals surface area contributed by atoms with Crippen LogP contribution in [0.3, 0.4) is 0 Å². The Morgan fingerprint density at radius 2 is 1.68 bits per heavy atom. The summed E-state index contributed by atoms with van der Waals surface area (Å²) in [7, 11) is -2.31. The quantitative estimate of drug-likeness (QED) is 0.368. The van der Waals surface area contributed by atoms with Crippen LogP contribution in [0, 0.1) is 6.92 Å². The molecule has 6 nitrogen and oxygen atoms in total. The van der Waals surface area contributed by atoms with Crippen molar-refractivity contribution < 1.29 is 18.3 Å². The van der Waals surface area contributed by atoms with E-state index in [2.05, 4.69) is 28.9 Å². The average Bonchev–Trinajstić information content (AvgIpc) is 2.93. The molecule has 1 N–H and O–H groups in total. The van der Waals surface area contributed by atoms with Gasteiger partial charge in [-0.05, 0) is 73.7 Å². The second-order valence-corrected chi connectivity index (χ2v) is 11.7. The highest BCUT2D eigenvalue weighted by molar-refractivity contribution is 7.91. The van der Waals surface area contributed by atoms with E-state index in [1.54, 1.807) is 31.4 Å². The molecule has 0 atom stereocenters. The summed E-state index contributed by atoms with van der Waals surface area (Å²) in [6, 6.07) is 20.5. The maximum Gasteiger partial charge on any atom is 0.210 e. The van der Waals surface area contributed by atoms with Crippen LogP contribution in [0.4, 0.5) is 5.69 Å². The standard InChI is InChI=1S/C30H32N2O4S/c1-4-22-6-8-23(9-7-22)30(33)15-17-32(18-16-30)29-26-19-21(2)5-14-27(26)31-20-28(29)37(34,35)25-12-10-24(36-3)11-13-25/h5-14,19-20,33H,4,15-18H2,1-3H3. The Morgan fingerprint density at radius 1 is 1.00 bits per heavy atom. The maximum atomic E-state index is 13.9. The van der Waals surface area contributed by atoms with Crippen LogP contribution in [0.5, 0.6) is 5.75 Å². The number of aliphatic hydroxyl groups is 1. The summed E-state index contributed by atoms with van der Waals surface area (Å²) >= 11 is 0. The number of ether oxygens (including phenoxy) is 1. The molecule has 1 aliphatic heterocycles. The summed E-state index contributed by atoms with van der Waals surface area (Å²) in [6.07, 6.45) is 3.41. The zero-order valence-electron chi connectivity index (χ0n) is 21.4. The first-order chi connectivity index (χ1) is 17.7. The van der Waals surface area contributed by atoms with Crippen molar-refractivity contribution in [2.75, 3.05) is 25.1 Å². The van der Waals surface area contributed by atoms with Crippen LogP contribution in [-0.4, -0.2) is 38.7 Å². The number of nitrogens with zero attached hydrogens (tertiary/aromatic N) is 2. The SMILES string of the molecule is CCc1ccc(C2(O)CCN(c3c(S(=O)(=O)c4ccc(OC)cc4)cnc4ccc(C)cc34)CC2)cc1. The number of fused-ring (bicyclic) bond motifs is 1. The lowest BCUT2D eigenvalue weighted by atomic mass is 9.84. The van der Waals surface area contributed by atoms with Crippen LogP contribution in [0.1, 0.15) is 36.5 Å². The Labute approximate surface area is 218 Å². The van der Waals surface area contributed by atoms with Crippen molar-refractivity contribution in [2.24, 2.45) is 0 Å². The van der Waals surface area contributed by atoms with Gasteiger partial charge < -0.3 is 14.7 Å². The summed E-state index contributed by atoms with van der Waals surface area (Å²) in [6.45, 7) is 5.14. The molecule has 7 heteroatoms. The van der Waals surface area contributed by atoms with Gasteiger partial charge >= 0.3 is 0 Å². The second-order valence-electron chi connectivity index (χ2n) is 9.74. The summed E-state index contributed by atoms with van der Waals surface area (Å²) in [4.78, 5) is 6.97. The Morgan fingerprint density at radius 3 is 2.30 bits per heavy atom. The maximum absolute atomic E-state index is 13.9. The third-order valence-electron chi connectivity index (χ3n) is 7.43. The highest BCUT2D eigenvalue weighted by Gasteiger charge is 2.36. The lowest BCUT2D eigenvalue weighted by Gasteiger charge is -2.40. The number of aromatic nitrogens is 1. The summed E-state index contributed by atoms with van der Waals surface area (Å²) in [5, 5.41) is 12.3. The number of methoxy groups -OCH3 is 1. The molecule has 1 aliphatic rings. The average molecular weight is 517 g/mol. The Balaban J connectivity index is 1.56. The normalized spacial score (nSPS) is 15.6.